The zero-order valence-corrected chi connectivity index (χ0v) is 9.47. The lowest BCUT2D eigenvalue weighted by Crippen LogP contribution is -2.27. The second-order valence-electron chi connectivity index (χ2n) is 2.95. The van der Waals surface area contributed by atoms with Gasteiger partial charge in [0.2, 0.25) is 6.79 Å². The Bertz CT molecular complexity index is 418. The summed E-state index contributed by atoms with van der Waals surface area (Å²) in [6.07, 6.45) is 2.99. The Morgan fingerprint density at radius 1 is 1.35 bits per heavy atom. The van der Waals surface area contributed by atoms with Gasteiger partial charge in [-0.3, -0.25) is 10.2 Å². The van der Waals surface area contributed by atoms with E-state index in [0.717, 1.165) is 11.3 Å². The highest BCUT2D eigenvalue weighted by atomic mass is 16.7. The third-order valence-corrected chi connectivity index (χ3v) is 1.97. The molecule has 0 unspecified atom stereocenters. The van der Waals surface area contributed by atoms with Gasteiger partial charge in [-0.15, -0.1) is 0 Å². The van der Waals surface area contributed by atoms with Crippen LogP contribution in [0.4, 0.5) is 0 Å². The van der Waals surface area contributed by atoms with E-state index in [4.69, 9.17) is 15.3 Å². The number of carbonyl (C=O) groups is 1. The van der Waals surface area contributed by atoms with Crippen LogP contribution in [0, 0.1) is 0 Å². The van der Waals surface area contributed by atoms with Crippen molar-refractivity contribution < 1.29 is 14.3 Å². The number of fused-ring (bicyclic) bond motifs is 1. The number of hydrogen-bond acceptors (Lipinski definition) is 5. The summed E-state index contributed by atoms with van der Waals surface area (Å²) in [4.78, 5) is 10.8. The molecule has 0 bridgehead atoms. The van der Waals surface area contributed by atoms with E-state index in [2.05, 4.69) is 5.73 Å². The Morgan fingerprint density at radius 3 is 2.76 bits per heavy atom. The number of nitrogens with one attached hydrogen (secondary N) is 1. The maximum atomic E-state index is 10.8. The predicted octanol–water partition coefficient (Wildman–Crippen LogP) is -0.00670. The quantitative estimate of drug-likeness (QED) is 0.291. The van der Waals surface area contributed by atoms with Gasteiger partial charge in [0, 0.05) is 6.08 Å². The molecule has 0 atom stereocenters. The van der Waals surface area contributed by atoms with Crippen molar-refractivity contribution in [1.29, 1.82) is 0 Å². The summed E-state index contributed by atoms with van der Waals surface area (Å²) in [5.74, 6) is 5.98. The van der Waals surface area contributed by atoms with Crippen LogP contribution in [0.25, 0.3) is 6.08 Å². The molecule has 6 heteroatoms. The number of rotatable bonds is 2. The minimum Gasteiger partial charge on any atom is -0.454 e. The first-order chi connectivity index (χ1) is 8.29. The normalized spacial score (nSPS) is 11.9. The lowest BCUT2D eigenvalue weighted by Gasteiger charge is -1.97. The Kier molecular flexibility index (Phi) is 4.99. The van der Waals surface area contributed by atoms with E-state index in [1.54, 1.807) is 18.2 Å². The molecule has 1 heterocycles. The first-order valence-electron chi connectivity index (χ1n) is 4.95. The molecule has 0 radical (unpaired) electrons. The van der Waals surface area contributed by atoms with E-state index in [9.17, 15) is 4.79 Å². The highest BCUT2D eigenvalue weighted by Gasteiger charge is 2.12. The number of hydrazine groups is 1. The Balaban J connectivity index is 0.000000686. The molecule has 1 aliphatic rings. The lowest BCUT2D eigenvalue weighted by molar-refractivity contribution is -0.116. The fourth-order valence-electron chi connectivity index (χ4n) is 1.24. The van der Waals surface area contributed by atoms with E-state index in [1.165, 1.54) is 13.1 Å². The smallest absolute Gasteiger partial charge is 0.257 e. The van der Waals surface area contributed by atoms with Crippen LogP contribution in [-0.2, 0) is 4.79 Å². The summed E-state index contributed by atoms with van der Waals surface area (Å²) in [5.41, 5.74) is 7.36. The summed E-state index contributed by atoms with van der Waals surface area (Å²) < 4.78 is 10.3. The van der Waals surface area contributed by atoms with Gasteiger partial charge < -0.3 is 15.2 Å². The maximum Gasteiger partial charge on any atom is 0.257 e. The standard InChI is InChI=1S/C10H10N2O3.CH5N/c11-12-10(13)4-2-7-1-3-8-9(5-7)15-6-14-8;1-2/h1-5H,6,11H2,(H,12,13);2H2,1H3/b4-2+;. The topological polar surface area (TPSA) is 99.6 Å². The molecule has 0 saturated heterocycles. The Labute approximate surface area is 99.2 Å². The zero-order chi connectivity index (χ0) is 12.7. The molecule has 0 fully saturated rings. The summed E-state index contributed by atoms with van der Waals surface area (Å²) in [5, 5.41) is 0. The van der Waals surface area contributed by atoms with Gasteiger partial charge in [0.1, 0.15) is 0 Å². The molecule has 0 spiro atoms. The van der Waals surface area contributed by atoms with Gasteiger partial charge in [0.15, 0.2) is 11.5 Å². The number of ether oxygens (including phenoxy) is 2. The van der Waals surface area contributed by atoms with Crippen LogP contribution in [0.5, 0.6) is 11.5 Å². The maximum absolute atomic E-state index is 10.8. The number of carbonyl (C=O) groups excluding carboxylic acids is 1. The van der Waals surface area contributed by atoms with Crippen molar-refractivity contribution in [2.24, 2.45) is 11.6 Å². The van der Waals surface area contributed by atoms with Crippen LogP contribution < -0.4 is 26.5 Å². The molecule has 6 nitrogen and oxygen atoms in total. The van der Waals surface area contributed by atoms with Crippen molar-refractivity contribution in [3.63, 3.8) is 0 Å². The van der Waals surface area contributed by atoms with Gasteiger partial charge in [-0.05, 0) is 30.8 Å². The highest BCUT2D eigenvalue weighted by Crippen LogP contribution is 2.32. The van der Waals surface area contributed by atoms with E-state index in [-0.39, 0.29) is 12.7 Å². The SMILES string of the molecule is CN.NNC(=O)/C=C/c1ccc2c(c1)OCO2. The fraction of sp³-hybridized carbons (Fsp3) is 0.182. The number of nitrogens with two attached hydrogens (primary N) is 2. The fourth-order valence-corrected chi connectivity index (χ4v) is 1.24. The summed E-state index contributed by atoms with van der Waals surface area (Å²) in [6.45, 7) is 0.242. The summed E-state index contributed by atoms with van der Waals surface area (Å²) >= 11 is 0. The van der Waals surface area contributed by atoms with Crippen molar-refractivity contribution >= 4 is 12.0 Å². The first kappa shape index (κ1) is 13.0. The van der Waals surface area contributed by atoms with Gasteiger partial charge >= 0.3 is 0 Å². The van der Waals surface area contributed by atoms with Gasteiger partial charge in [0.25, 0.3) is 5.91 Å². The van der Waals surface area contributed by atoms with Gasteiger partial charge in [-0.25, -0.2) is 5.84 Å². The molecule has 1 aliphatic heterocycles. The monoisotopic (exact) mass is 237 g/mol. The molecule has 1 amide bonds. The van der Waals surface area contributed by atoms with E-state index < -0.39 is 0 Å². The van der Waals surface area contributed by atoms with Crippen LogP contribution in [0.15, 0.2) is 24.3 Å². The van der Waals surface area contributed by atoms with Crippen molar-refractivity contribution in [3.8, 4) is 11.5 Å². The molecule has 2 rings (SSSR count). The molecular formula is C11H15N3O3. The molecule has 1 aromatic carbocycles. The zero-order valence-electron chi connectivity index (χ0n) is 9.47. The average Bonchev–Trinajstić information content (AvgIpc) is 2.85. The van der Waals surface area contributed by atoms with Crippen LogP contribution in [0.3, 0.4) is 0 Å². The van der Waals surface area contributed by atoms with Crippen molar-refractivity contribution in [1.82, 2.24) is 5.43 Å². The number of amides is 1. The van der Waals surface area contributed by atoms with Crippen LogP contribution in [0.2, 0.25) is 0 Å². The molecular weight excluding hydrogens is 222 g/mol. The summed E-state index contributed by atoms with van der Waals surface area (Å²) in [6, 6.07) is 5.42. The van der Waals surface area contributed by atoms with Gasteiger partial charge in [-0.1, -0.05) is 6.07 Å². The number of hydrogen-bond donors (Lipinski definition) is 3. The minimum atomic E-state index is -0.354. The van der Waals surface area contributed by atoms with Gasteiger partial charge in [-0.2, -0.15) is 0 Å². The largest absolute Gasteiger partial charge is 0.454 e. The van der Waals surface area contributed by atoms with E-state index >= 15 is 0 Å². The predicted molar refractivity (Wildman–Crippen MR) is 64.0 cm³/mol. The molecule has 1 aromatic rings. The first-order valence-corrected chi connectivity index (χ1v) is 4.95. The second kappa shape index (κ2) is 6.51. The average molecular weight is 237 g/mol. The number of benzene rings is 1. The lowest BCUT2D eigenvalue weighted by atomic mass is 10.2. The molecule has 17 heavy (non-hydrogen) atoms. The Hall–Kier alpha value is -2.05. The molecule has 0 aromatic heterocycles. The second-order valence-corrected chi connectivity index (χ2v) is 2.95. The van der Waals surface area contributed by atoms with E-state index in [0.29, 0.717) is 5.75 Å². The van der Waals surface area contributed by atoms with Crippen molar-refractivity contribution in [2.45, 2.75) is 0 Å². The molecule has 92 valence electrons. The Morgan fingerprint density at radius 2 is 2.06 bits per heavy atom. The summed E-state index contributed by atoms with van der Waals surface area (Å²) in [7, 11) is 1.50. The van der Waals surface area contributed by atoms with Crippen molar-refractivity contribution in [2.75, 3.05) is 13.8 Å². The van der Waals surface area contributed by atoms with Gasteiger partial charge in [0.05, 0.1) is 0 Å². The van der Waals surface area contributed by atoms with Crippen LogP contribution in [-0.4, -0.2) is 19.7 Å². The van der Waals surface area contributed by atoms with Crippen LogP contribution >= 0.6 is 0 Å². The molecule has 0 saturated carbocycles. The van der Waals surface area contributed by atoms with Crippen molar-refractivity contribution in [3.05, 3.63) is 29.8 Å². The third-order valence-electron chi connectivity index (χ3n) is 1.97. The van der Waals surface area contributed by atoms with E-state index in [1.807, 2.05) is 11.5 Å². The minimum absolute atomic E-state index is 0.242. The molecule has 0 aliphatic carbocycles. The van der Waals surface area contributed by atoms with Crippen LogP contribution in [0.1, 0.15) is 5.56 Å². The highest BCUT2D eigenvalue weighted by molar-refractivity contribution is 5.91. The third kappa shape index (κ3) is 3.47. The molecule has 5 N–H and O–H groups in total.